The Bertz CT molecular complexity index is 623. The van der Waals surface area contributed by atoms with Gasteiger partial charge in [0.05, 0.1) is 11.2 Å². The summed E-state index contributed by atoms with van der Waals surface area (Å²) < 4.78 is 0. The summed E-state index contributed by atoms with van der Waals surface area (Å²) in [5, 5.41) is 10.9. The van der Waals surface area contributed by atoms with Gasteiger partial charge in [-0.05, 0) is 33.8 Å². The highest BCUT2D eigenvalue weighted by atomic mass is 16.3. The summed E-state index contributed by atoms with van der Waals surface area (Å²) in [5.41, 5.74) is 1.64. The Morgan fingerprint density at radius 2 is 2.00 bits per heavy atom. The predicted molar refractivity (Wildman–Crippen MR) is 80.9 cm³/mol. The Hall–Kier alpha value is -1.81. The first kappa shape index (κ1) is 14.6. The van der Waals surface area contributed by atoms with E-state index < -0.39 is 5.60 Å². The number of benzene rings is 1. The third-order valence-electron chi connectivity index (χ3n) is 3.35. The lowest BCUT2D eigenvalue weighted by Crippen LogP contribution is -2.42. The van der Waals surface area contributed by atoms with E-state index in [1.807, 2.05) is 38.1 Å². The number of fused-ring (bicyclic) bond motifs is 1. The maximum Gasteiger partial charge on any atom is 0.256 e. The molecule has 4 nitrogen and oxygen atoms in total. The highest BCUT2D eigenvalue weighted by Crippen LogP contribution is 2.23. The largest absolute Gasteiger partial charge is 0.389 e. The third-order valence-corrected chi connectivity index (χ3v) is 3.35. The van der Waals surface area contributed by atoms with E-state index in [2.05, 4.69) is 4.98 Å². The number of nitrogens with zero attached hydrogens (tertiary/aromatic N) is 1. The number of likely N-dealkylation sites (N-methyl/N-ethyl adjacent to an activating group) is 1. The van der Waals surface area contributed by atoms with Crippen molar-refractivity contribution in [2.75, 3.05) is 13.1 Å². The van der Waals surface area contributed by atoms with Gasteiger partial charge in [-0.15, -0.1) is 0 Å². The van der Waals surface area contributed by atoms with Gasteiger partial charge < -0.3 is 15.0 Å². The molecule has 0 aliphatic carbocycles. The van der Waals surface area contributed by atoms with Gasteiger partial charge in [-0.25, -0.2) is 0 Å². The smallest absolute Gasteiger partial charge is 0.256 e. The van der Waals surface area contributed by atoms with Crippen molar-refractivity contribution in [2.24, 2.45) is 0 Å². The van der Waals surface area contributed by atoms with Gasteiger partial charge in [0.25, 0.3) is 5.91 Å². The number of H-pyrrole nitrogens is 1. The number of carbonyl (C=O) groups is 1. The van der Waals surface area contributed by atoms with Crippen LogP contribution < -0.4 is 0 Å². The molecular formula is C16H22N2O2. The monoisotopic (exact) mass is 274 g/mol. The number of rotatable bonds is 4. The molecule has 1 aromatic carbocycles. The lowest BCUT2D eigenvalue weighted by Gasteiger charge is -2.28. The Labute approximate surface area is 119 Å². The molecule has 0 aliphatic rings. The minimum Gasteiger partial charge on any atom is -0.389 e. The number of para-hydroxylation sites is 1. The zero-order chi connectivity index (χ0) is 14.9. The van der Waals surface area contributed by atoms with E-state index in [4.69, 9.17) is 0 Å². The molecule has 0 radical (unpaired) electrons. The summed E-state index contributed by atoms with van der Waals surface area (Å²) in [5.74, 6) is -0.0374. The van der Waals surface area contributed by atoms with Crippen LogP contribution in [0.5, 0.6) is 0 Å². The molecule has 2 aromatic rings. The van der Waals surface area contributed by atoms with Crippen LogP contribution in [-0.2, 0) is 0 Å². The fraction of sp³-hybridized carbons (Fsp3) is 0.438. The fourth-order valence-electron chi connectivity index (χ4n) is 2.50. The van der Waals surface area contributed by atoms with Crippen molar-refractivity contribution in [1.82, 2.24) is 9.88 Å². The number of nitrogens with one attached hydrogen (secondary N) is 1. The van der Waals surface area contributed by atoms with E-state index in [1.54, 1.807) is 18.7 Å². The Kier molecular flexibility index (Phi) is 3.86. The molecule has 0 spiro atoms. The second kappa shape index (κ2) is 5.29. The van der Waals surface area contributed by atoms with Crippen LogP contribution in [0.15, 0.2) is 24.3 Å². The minimum absolute atomic E-state index is 0.0374. The number of hydrogen-bond acceptors (Lipinski definition) is 2. The zero-order valence-electron chi connectivity index (χ0n) is 12.5. The van der Waals surface area contributed by atoms with E-state index in [0.29, 0.717) is 18.7 Å². The zero-order valence-corrected chi connectivity index (χ0v) is 12.5. The first-order valence-electron chi connectivity index (χ1n) is 6.92. The van der Waals surface area contributed by atoms with Gasteiger partial charge in [-0.3, -0.25) is 4.79 Å². The number of carbonyl (C=O) groups excluding carboxylic acids is 1. The second-order valence-corrected chi connectivity index (χ2v) is 5.80. The van der Waals surface area contributed by atoms with Gasteiger partial charge in [0.2, 0.25) is 0 Å². The first-order valence-corrected chi connectivity index (χ1v) is 6.92. The van der Waals surface area contributed by atoms with E-state index in [9.17, 15) is 9.90 Å². The van der Waals surface area contributed by atoms with Crippen LogP contribution >= 0.6 is 0 Å². The molecule has 108 valence electrons. The van der Waals surface area contributed by atoms with Crippen molar-refractivity contribution in [3.8, 4) is 0 Å². The number of aromatic nitrogens is 1. The van der Waals surface area contributed by atoms with Gasteiger partial charge in [-0.2, -0.15) is 0 Å². The van der Waals surface area contributed by atoms with Crippen LogP contribution in [0.1, 0.15) is 36.8 Å². The standard InChI is InChI=1S/C16H22N2O2/c1-5-18(10-16(3,4)20)15(19)14-11(2)17-13-9-7-6-8-12(13)14/h6-9,17,20H,5,10H2,1-4H3. The summed E-state index contributed by atoms with van der Waals surface area (Å²) in [6.07, 6.45) is 0. The molecule has 2 N–H and O–H groups in total. The van der Waals surface area contributed by atoms with E-state index in [1.165, 1.54) is 0 Å². The number of aromatic amines is 1. The van der Waals surface area contributed by atoms with Crippen molar-refractivity contribution in [3.05, 3.63) is 35.5 Å². The minimum atomic E-state index is -0.897. The SMILES string of the molecule is CCN(CC(C)(C)O)C(=O)c1c(C)[nH]c2ccccc12. The van der Waals surface area contributed by atoms with Crippen LogP contribution in [0, 0.1) is 6.92 Å². The van der Waals surface area contributed by atoms with Crippen molar-refractivity contribution in [3.63, 3.8) is 0 Å². The summed E-state index contributed by atoms with van der Waals surface area (Å²) >= 11 is 0. The molecule has 4 heteroatoms. The summed E-state index contributed by atoms with van der Waals surface area (Å²) in [4.78, 5) is 17.7. The van der Waals surface area contributed by atoms with Crippen LogP contribution in [0.4, 0.5) is 0 Å². The lowest BCUT2D eigenvalue weighted by molar-refractivity contribution is 0.0315. The number of aliphatic hydroxyl groups is 1. The first-order chi connectivity index (χ1) is 9.33. The molecule has 1 aromatic heterocycles. The average molecular weight is 274 g/mol. The highest BCUT2D eigenvalue weighted by Gasteiger charge is 2.25. The molecule has 2 rings (SSSR count). The molecule has 0 saturated heterocycles. The van der Waals surface area contributed by atoms with Gasteiger partial charge in [0.15, 0.2) is 0 Å². The van der Waals surface area contributed by atoms with E-state index in [-0.39, 0.29) is 5.91 Å². The molecule has 1 amide bonds. The topological polar surface area (TPSA) is 56.3 Å². The van der Waals surface area contributed by atoms with Crippen LogP contribution in [0.2, 0.25) is 0 Å². The van der Waals surface area contributed by atoms with Crippen molar-refractivity contribution >= 4 is 16.8 Å². The molecule has 0 atom stereocenters. The molecule has 0 bridgehead atoms. The molecule has 20 heavy (non-hydrogen) atoms. The van der Waals surface area contributed by atoms with E-state index >= 15 is 0 Å². The summed E-state index contributed by atoms with van der Waals surface area (Å²) in [6, 6.07) is 7.79. The Morgan fingerprint density at radius 3 is 2.60 bits per heavy atom. The molecule has 0 unspecified atom stereocenters. The average Bonchev–Trinajstić information content (AvgIpc) is 2.70. The van der Waals surface area contributed by atoms with Gasteiger partial charge in [-0.1, -0.05) is 18.2 Å². The molecule has 1 heterocycles. The van der Waals surface area contributed by atoms with Crippen LogP contribution in [0.3, 0.4) is 0 Å². The molecule has 0 aliphatic heterocycles. The molecule has 0 fully saturated rings. The normalized spacial score (nSPS) is 11.8. The highest BCUT2D eigenvalue weighted by molar-refractivity contribution is 6.08. The lowest BCUT2D eigenvalue weighted by atomic mass is 10.1. The number of amides is 1. The summed E-state index contributed by atoms with van der Waals surface area (Å²) in [6.45, 7) is 8.15. The summed E-state index contributed by atoms with van der Waals surface area (Å²) in [7, 11) is 0. The third kappa shape index (κ3) is 2.85. The van der Waals surface area contributed by atoms with Crippen molar-refractivity contribution in [1.29, 1.82) is 0 Å². The van der Waals surface area contributed by atoms with Crippen molar-refractivity contribution in [2.45, 2.75) is 33.3 Å². The number of aryl methyl sites for hydroxylation is 1. The van der Waals surface area contributed by atoms with Crippen LogP contribution in [-0.4, -0.2) is 39.6 Å². The predicted octanol–water partition coefficient (Wildman–Crippen LogP) is 2.71. The van der Waals surface area contributed by atoms with Crippen molar-refractivity contribution < 1.29 is 9.90 Å². The number of hydrogen-bond donors (Lipinski definition) is 2. The van der Waals surface area contributed by atoms with Gasteiger partial charge in [0, 0.05) is 29.7 Å². The van der Waals surface area contributed by atoms with Crippen LogP contribution in [0.25, 0.3) is 10.9 Å². The fourth-order valence-corrected chi connectivity index (χ4v) is 2.50. The molecule has 0 saturated carbocycles. The maximum absolute atomic E-state index is 12.7. The van der Waals surface area contributed by atoms with Gasteiger partial charge in [0.1, 0.15) is 0 Å². The molecular weight excluding hydrogens is 252 g/mol. The Morgan fingerprint density at radius 1 is 1.35 bits per heavy atom. The quantitative estimate of drug-likeness (QED) is 0.900. The maximum atomic E-state index is 12.7. The Balaban J connectivity index is 2.42. The van der Waals surface area contributed by atoms with E-state index in [0.717, 1.165) is 16.6 Å². The second-order valence-electron chi connectivity index (χ2n) is 5.80. The van der Waals surface area contributed by atoms with Gasteiger partial charge >= 0.3 is 0 Å².